The monoisotopic (exact) mass is 420 g/mol. The van der Waals surface area contributed by atoms with Gasteiger partial charge in [-0.25, -0.2) is 0 Å². The predicted octanol–water partition coefficient (Wildman–Crippen LogP) is 3.27. The van der Waals surface area contributed by atoms with E-state index >= 15 is 0 Å². The van der Waals surface area contributed by atoms with E-state index in [0.29, 0.717) is 12.2 Å². The number of nitrogens with one attached hydrogen (secondary N) is 2. The topological polar surface area (TPSA) is 64.7 Å². The molecule has 2 aromatic rings. The summed E-state index contributed by atoms with van der Waals surface area (Å²) in [5, 5.41) is 5.61. The lowest BCUT2D eigenvalue weighted by molar-refractivity contribution is -0.136. The molecule has 4 rings (SSSR count). The number of anilines is 2. The first-order chi connectivity index (χ1) is 15.0. The molecule has 2 N–H and O–H groups in total. The van der Waals surface area contributed by atoms with Crippen LogP contribution in [0.3, 0.4) is 0 Å². The number of para-hydroxylation sites is 1. The average molecular weight is 421 g/mol. The summed E-state index contributed by atoms with van der Waals surface area (Å²) in [4.78, 5) is 29.7. The van der Waals surface area contributed by atoms with Crippen LogP contribution in [0.1, 0.15) is 42.0 Å². The van der Waals surface area contributed by atoms with Crippen molar-refractivity contribution < 1.29 is 9.59 Å². The van der Waals surface area contributed by atoms with Crippen molar-refractivity contribution in [2.45, 2.75) is 38.6 Å². The molecule has 2 heterocycles. The summed E-state index contributed by atoms with van der Waals surface area (Å²) in [5.74, 6) is -1.21. The fraction of sp³-hybridized carbons (Fsp3) is 0.440. The molecule has 0 aromatic heterocycles. The van der Waals surface area contributed by atoms with E-state index in [9.17, 15) is 9.59 Å². The first kappa shape index (κ1) is 21.4. The number of nitrogens with zero attached hydrogens (tertiary/aromatic N) is 2. The Bertz CT molecular complexity index is 952. The number of benzene rings is 2. The second-order valence-corrected chi connectivity index (χ2v) is 8.65. The van der Waals surface area contributed by atoms with Crippen LogP contribution in [0.5, 0.6) is 0 Å². The molecule has 1 atom stereocenters. The molecular weight excluding hydrogens is 388 g/mol. The SMILES string of the molecule is Cc1ccccc1NC(=O)C(=O)NCC(c1ccc2c(c1)CCN2C)N1CCCCC1. The second kappa shape index (κ2) is 9.52. The van der Waals surface area contributed by atoms with Gasteiger partial charge < -0.3 is 15.5 Å². The lowest BCUT2D eigenvalue weighted by Crippen LogP contribution is -2.43. The fourth-order valence-electron chi connectivity index (χ4n) is 4.64. The number of likely N-dealkylation sites (tertiary alicyclic amines) is 1. The Kier molecular flexibility index (Phi) is 6.56. The number of rotatable bonds is 5. The molecule has 31 heavy (non-hydrogen) atoms. The van der Waals surface area contributed by atoms with Gasteiger partial charge in [0.1, 0.15) is 0 Å². The van der Waals surface area contributed by atoms with Gasteiger partial charge in [0, 0.05) is 31.5 Å². The molecule has 0 saturated carbocycles. The van der Waals surface area contributed by atoms with E-state index in [-0.39, 0.29) is 6.04 Å². The highest BCUT2D eigenvalue weighted by Gasteiger charge is 2.26. The van der Waals surface area contributed by atoms with Gasteiger partial charge >= 0.3 is 11.8 Å². The largest absolute Gasteiger partial charge is 0.374 e. The Morgan fingerprint density at radius 2 is 1.77 bits per heavy atom. The van der Waals surface area contributed by atoms with Crippen LogP contribution < -0.4 is 15.5 Å². The van der Waals surface area contributed by atoms with Gasteiger partial charge in [0.25, 0.3) is 0 Å². The molecule has 2 aliphatic heterocycles. The fourth-order valence-corrected chi connectivity index (χ4v) is 4.64. The number of carbonyl (C=O) groups is 2. The van der Waals surface area contributed by atoms with Crippen LogP contribution in [0.25, 0.3) is 0 Å². The summed E-state index contributed by atoms with van der Waals surface area (Å²) >= 11 is 0. The normalized spacial score (nSPS) is 17.2. The molecule has 0 spiro atoms. The zero-order valence-corrected chi connectivity index (χ0v) is 18.5. The number of hydrogen-bond acceptors (Lipinski definition) is 4. The number of piperidine rings is 1. The van der Waals surface area contributed by atoms with Gasteiger partial charge in [0.15, 0.2) is 0 Å². The molecule has 2 aromatic carbocycles. The van der Waals surface area contributed by atoms with E-state index in [1.54, 1.807) is 6.07 Å². The summed E-state index contributed by atoms with van der Waals surface area (Å²) in [7, 11) is 2.13. The molecule has 6 heteroatoms. The summed E-state index contributed by atoms with van der Waals surface area (Å²) in [5.41, 5.74) is 5.47. The molecule has 0 aliphatic carbocycles. The second-order valence-electron chi connectivity index (χ2n) is 8.65. The van der Waals surface area contributed by atoms with Crippen LogP contribution in [0.4, 0.5) is 11.4 Å². The molecule has 1 unspecified atom stereocenters. The highest BCUT2D eigenvalue weighted by molar-refractivity contribution is 6.39. The smallest absolute Gasteiger partial charge is 0.313 e. The highest BCUT2D eigenvalue weighted by Crippen LogP contribution is 2.32. The van der Waals surface area contributed by atoms with E-state index < -0.39 is 11.8 Å². The Morgan fingerprint density at radius 1 is 1.00 bits per heavy atom. The van der Waals surface area contributed by atoms with E-state index in [1.165, 1.54) is 36.1 Å². The van der Waals surface area contributed by atoms with Crippen molar-refractivity contribution in [1.82, 2.24) is 10.2 Å². The van der Waals surface area contributed by atoms with Gasteiger partial charge in [-0.2, -0.15) is 0 Å². The number of amides is 2. The Morgan fingerprint density at radius 3 is 2.55 bits per heavy atom. The molecule has 0 bridgehead atoms. The molecule has 0 radical (unpaired) electrons. The zero-order valence-electron chi connectivity index (χ0n) is 18.5. The lowest BCUT2D eigenvalue weighted by Gasteiger charge is -2.35. The predicted molar refractivity (Wildman–Crippen MR) is 124 cm³/mol. The van der Waals surface area contributed by atoms with Gasteiger partial charge in [-0.3, -0.25) is 14.5 Å². The summed E-state index contributed by atoms with van der Waals surface area (Å²) in [6.45, 7) is 5.42. The van der Waals surface area contributed by atoms with E-state index in [4.69, 9.17) is 0 Å². The number of hydrogen-bond donors (Lipinski definition) is 2. The minimum Gasteiger partial charge on any atom is -0.374 e. The maximum absolute atomic E-state index is 12.6. The minimum atomic E-state index is -0.623. The van der Waals surface area contributed by atoms with Gasteiger partial charge in [-0.05, 0) is 68.1 Å². The Labute approximate surface area is 184 Å². The average Bonchev–Trinajstić information content (AvgIpc) is 3.16. The third-order valence-electron chi connectivity index (χ3n) is 6.50. The molecule has 164 valence electrons. The van der Waals surface area contributed by atoms with Crippen molar-refractivity contribution in [2.24, 2.45) is 0 Å². The van der Waals surface area contributed by atoms with E-state index in [2.05, 4.69) is 45.7 Å². The molecule has 1 fully saturated rings. The van der Waals surface area contributed by atoms with Gasteiger partial charge in [0.2, 0.25) is 0 Å². The number of carbonyl (C=O) groups excluding carboxylic acids is 2. The Hall–Kier alpha value is -2.86. The first-order valence-electron chi connectivity index (χ1n) is 11.3. The number of aryl methyl sites for hydroxylation is 1. The summed E-state index contributed by atoms with van der Waals surface area (Å²) in [6.07, 6.45) is 4.65. The van der Waals surface area contributed by atoms with Crippen LogP contribution >= 0.6 is 0 Å². The molecule has 2 aliphatic rings. The minimum absolute atomic E-state index is 0.0757. The van der Waals surface area contributed by atoms with Crippen molar-refractivity contribution in [2.75, 3.05) is 43.4 Å². The quantitative estimate of drug-likeness (QED) is 0.729. The van der Waals surface area contributed by atoms with Crippen LogP contribution in [0.2, 0.25) is 0 Å². The van der Waals surface area contributed by atoms with Crippen molar-refractivity contribution in [3.63, 3.8) is 0 Å². The maximum atomic E-state index is 12.6. The van der Waals surface area contributed by atoms with Gasteiger partial charge in [-0.1, -0.05) is 36.8 Å². The van der Waals surface area contributed by atoms with Crippen LogP contribution in [0.15, 0.2) is 42.5 Å². The maximum Gasteiger partial charge on any atom is 0.313 e. The van der Waals surface area contributed by atoms with Gasteiger partial charge in [-0.15, -0.1) is 0 Å². The molecule has 6 nitrogen and oxygen atoms in total. The molecule has 2 amide bonds. The number of fused-ring (bicyclic) bond motifs is 1. The third kappa shape index (κ3) is 4.90. The number of likely N-dealkylation sites (N-methyl/N-ethyl adjacent to an activating group) is 1. The third-order valence-corrected chi connectivity index (χ3v) is 6.50. The van der Waals surface area contributed by atoms with Crippen LogP contribution in [-0.2, 0) is 16.0 Å². The first-order valence-corrected chi connectivity index (χ1v) is 11.3. The Balaban J connectivity index is 1.46. The van der Waals surface area contributed by atoms with Crippen molar-refractivity contribution in [3.8, 4) is 0 Å². The highest BCUT2D eigenvalue weighted by atomic mass is 16.2. The van der Waals surface area contributed by atoms with E-state index in [0.717, 1.165) is 31.6 Å². The zero-order chi connectivity index (χ0) is 21.8. The van der Waals surface area contributed by atoms with Crippen molar-refractivity contribution >= 4 is 23.2 Å². The van der Waals surface area contributed by atoms with Crippen molar-refractivity contribution in [1.29, 1.82) is 0 Å². The summed E-state index contributed by atoms with van der Waals surface area (Å²) in [6, 6.07) is 14.2. The molecular formula is C25H32N4O2. The van der Waals surface area contributed by atoms with Gasteiger partial charge in [0.05, 0.1) is 6.04 Å². The molecule has 1 saturated heterocycles. The van der Waals surface area contributed by atoms with Crippen molar-refractivity contribution in [3.05, 3.63) is 59.2 Å². The standard InChI is InChI=1S/C25H32N4O2/c1-18-8-4-5-9-21(18)27-25(31)24(30)26-17-23(29-13-6-3-7-14-29)19-10-11-22-20(16-19)12-15-28(22)2/h4-5,8-11,16,23H,3,6-7,12-15,17H2,1-2H3,(H,26,30)(H,27,31). The van der Waals surface area contributed by atoms with E-state index in [1.807, 2.05) is 25.1 Å². The van der Waals surface area contributed by atoms with Crippen LogP contribution in [-0.4, -0.2) is 49.9 Å². The lowest BCUT2D eigenvalue weighted by atomic mass is 9.98. The summed E-state index contributed by atoms with van der Waals surface area (Å²) < 4.78 is 0. The van der Waals surface area contributed by atoms with Crippen LogP contribution in [0, 0.1) is 6.92 Å².